The van der Waals surface area contributed by atoms with E-state index in [1.807, 2.05) is 18.2 Å². The number of hydrogen-bond acceptors (Lipinski definition) is 4. The van der Waals surface area contributed by atoms with Crippen LogP contribution in [0.1, 0.15) is 24.1 Å². The van der Waals surface area contributed by atoms with E-state index >= 15 is 0 Å². The largest absolute Gasteiger partial charge is 0.325 e. The lowest BCUT2D eigenvalue weighted by Gasteiger charge is -2.15. The Bertz CT molecular complexity index is 819. The van der Waals surface area contributed by atoms with Crippen molar-refractivity contribution < 1.29 is 28.7 Å². The van der Waals surface area contributed by atoms with E-state index in [-0.39, 0.29) is 18.7 Å². The summed E-state index contributed by atoms with van der Waals surface area (Å²) in [6.07, 6.45) is 5.87. The highest BCUT2D eigenvalue weighted by Gasteiger charge is 2.17. The summed E-state index contributed by atoms with van der Waals surface area (Å²) in [6.45, 7) is 0. The summed E-state index contributed by atoms with van der Waals surface area (Å²) in [6, 6.07) is 5.50. The van der Waals surface area contributed by atoms with E-state index in [1.54, 1.807) is 18.6 Å². The summed E-state index contributed by atoms with van der Waals surface area (Å²) in [5, 5.41) is 0. The third kappa shape index (κ3) is 7.08. The van der Waals surface area contributed by atoms with Crippen LogP contribution in [0.15, 0.2) is 36.8 Å². The Morgan fingerprint density at radius 3 is 1.96 bits per heavy atom. The molecule has 0 saturated carbocycles. The van der Waals surface area contributed by atoms with Gasteiger partial charge in [-0.1, -0.05) is 0 Å². The molecule has 0 amide bonds. The normalized spacial score (nSPS) is 12.3. The molecule has 0 aromatic carbocycles. The number of aryl methyl sites for hydroxylation is 1. The molecule has 0 aliphatic carbocycles. The highest BCUT2D eigenvalue weighted by Crippen LogP contribution is 2.37. The zero-order chi connectivity index (χ0) is 19.2. The minimum Gasteiger partial charge on any atom is -0.324 e. The van der Waals surface area contributed by atoms with Gasteiger partial charge in [-0.05, 0) is 60.6 Å². The second kappa shape index (κ2) is 9.00. The van der Waals surface area contributed by atoms with Crippen molar-refractivity contribution in [3.05, 3.63) is 48.0 Å². The molecular formula is C16H22N2O6P2. The van der Waals surface area contributed by atoms with E-state index in [9.17, 15) is 9.13 Å². The van der Waals surface area contributed by atoms with E-state index < -0.39 is 15.2 Å². The van der Waals surface area contributed by atoms with Gasteiger partial charge in [-0.15, -0.1) is 0 Å². The average molecular weight is 400 g/mol. The van der Waals surface area contributed by atoms with Gasteiger partial charge in [0.05, 0.1) is 12.3 Å². The van der Waals surface area contributed by atoms with Crippen LogP contribution < -0.4 is 0 Å². The Kier molecular flexibility index (Phi) is 7.24. The molecule has 2 aromatic rings. The van der Waals surface area contributed by atoms with E-state index in [2.05, 4.69) is 9.97 Å². The van der Waals surface area contributed by atoms with Gasteiger partial charge in [-0.3, -0.25) is 19.1 Å². The Morgan fingerprint density at radius 2 is 1.38 bits per heavy atom. The number of rotatable bonds is 9. The quantitative estimate of drug-likeness (QED) is 0.470. The van der Waals surface area contributed by atoms with Gasteiger partial charge in [-0.25, -0.2) is 0 Å². The number of aromatic nitrogens is 2. The molecule has 0 saturated heterocycles. The zero-order valence-electron chi connectivity index (χ0n) is 14.1. The minimum atomic E-state index is -4.08. The molecule has 0 spiro atoms. The molecule has 0 atom stereocenters. The van der Waals surface area contributed by atoms with E-state index in [1.165, 1.54) is 0 Å². The predicted molar refractivity (Wildman–Crippen MR) is 97.9 cm³/mol. The molecule has 0 aliphatic heterocycles. The number of pyridine rings is 2. The Hall–Kier alpha value is -1.40. The molecule has 142 valence electrons. The van der Waals surface area contributed by atoms with E-state index in [0.29, 0.717) is 25.0 Å². The summed E-state index contributed by atoms with van der Waals surface area (Å²) in [7, 11) is -8.15. The summed E-state index contributed by atoms with van der Waals surface area (Å²) >= 11 is 0. The maximum atomic E-state index is 11.1. The van der Waals surface area contributed by atoms with Gasteiger partial charge < -0.3 is 19.6 Å². The van der Waals surface area contributed by atoms with E-state index in [4.69, 9.17) is 19.6 Å². The number of nitrogens with zero attached hydrogens (tertiary/aromatic N) is 2. The molecular weight excluding hydrogens is 378 g/mol. The topological polar surface area (TPSA) is 141 Å². The van der Waals surface area contributed by atoms with Crippen LogP contribution in [0.5, 0.6) is 0 Å². The fraction of sp³-hybridized carbons (Fsp3) is 0.375. The van der Waals surface area contributed by atoms with Gasteiger partial charge in [-0.2, -0.15) is 0 Å². The highest BCUT2D eigenvalue weighted by molar-refractivity contribution is 7.52. The van der Waals surface area contributed by atoms with Crippen LogP contribution in [0.25, 0.3) is 11.1 Å². The molecule has 2 heterocycles. The molecule has 2 aromatic heterocycles. The van der Waals surface area contributed by atoms with Crippen LogP contribution in [0.2, 0.25) is 0 Å². The van der Waals surface area contributed by atoms with Gasteiger partial charge in [0.25, 0.3) is 0 Å². The molecule has 0 aliphatic rings. The van der Waals surface area contributed by atoms with Crippen LogP contribution >= 0.6 is 15.2 Å². The minimum absolute atomic E-state index is 0.223. The molecule has 26 heavy (non-hydrogen) atoms. The zero-order valence-corrected chi connectivity index (χ0v) is 15.9. The molecule has 4 N–H and O–H groups in total. The molecule has 0 radical (unpaired) electrons. The maximum absolute atomic E-state index is 11.1. The number of hydrogen-bond donors (Lipinski definition) is 4. The fourth-order valence-electron chi connectivity index (χ4n) is 2.75. The first-order valence-corrected chi connectivity index (χ1v) is 11.7. The smallest absolute Gasteiger partial charge is 0.324 e. The summed E-state index contributed by atoms with van der Waals surface area (Å²) in [5.74, 6) is 0. The fourth-order valence-corrected chi connectivity index (χ4v) is 3.89. The predicted octanol–water partition coefficient (Wildman–Crippen LogP) is 2.36. The summed E-state index contributed by atoms with van der Waals surface area (Å²) in [5.41, 5.74) is 3.33. The molecule has 0 fully saturated rings. The highest BCUT2D eigenvalue weighted by atomic mass is 31.2. The van der Waals surface area contributed by atoms with Crippen molar-refractivity contribution in [2.75, 3.05) is 12.3 Å². The molecule has 0 bridgehead atoms. The second-order valence-corrected chi connectivity index (χ2v) is 9.56. The standard InChI is InChI=1S/C16H22N2O6P2/c19-25(20,21)11-1-3-15-14(13-5-8-17-9-6-13)7-10-18-16(15)4-2-12-26(22,23)24/h5-10H,1-4,11-12H2,(H2,19,20,21)(H2,22,23,24). The maximum Gasteiger partial charge on any atom is 0.325 e. The lowest BCUT2D eigenvalue weighted by molar-refractivity contribution is 0.369. The van der Waals surface area contributed by atoms with E-state index in [0.717, 1.165) is 16.7 Å². The average Bonchev–Trinajstić information content (AvgIpc) is 2.54. The van der Waals surface area contributed by atoms with Crippen LogP contribution in [0.4, 0.5) is 0 Å². The third-order valence-corrected chi connectivity index (χ3v) is 5.67. The third-order valence-electron chi connectivity index (χ3n) is 3.88. The van der Waals surface area contributed by atoms with Crippen molar-refractivity contribution in [3.63, 3.8) is 0 Å². The van der Waals surface area contributed by atoms with Crippen LogP contribution in [0.3, 0.4) is 0 Å². The van der Waals surface area contributed by atoms with Crippen LogP contribution in [-0.4, -0.2) is 41.9 Å². The van der Waals surface area contributed by atoms with Crippen molar-refractivity contribution >= 4 is 15.2 Å². The first kappa shape index (κ1) is 20.9. The second-order valence-electron chi connectivity index (χ2n) is 6.00. The first-order chi connectivity index (χ1) is 12.2. The van der Waals surface area contributed by atoms with Gasteiger partial charge >= 0.3 is 15.2 Å². The van der Waals surface area contributed by atoms with Gasteiger partial charge in [0.1, 0.15) is 0 Å². The van der Waals surface area contributed by atoms with Crippen molar-refractivity contribution in [1.29, 1.82) is 0 Å². The van der Waals surface area contributed by atoms with Crippen molar-refractivity contribution in [2.24, 2.45) is 0 Å². The van der Waals surface area contributed by atoms with Crippen molar-refractivity contribution in [2.45, 2.75) is 25.7 Å². The lowest BCUT2D eigenvalue weighted by Crippen LogP contribution is -2.04. The Morgan fingerprint density at radius 1 is 0.808 bits per heavy atom. The van der Waals surface area contributed by atoms with Gasteiger partial charge in [0.2, 0.25) is 0 Å². The van der Waals surface area contributed by atoms with Crippen molar-refractivity contribution in [1.82, 2.24) is 9.97 Å². The lowest BCUT2D eigenvalue weighted by atomic mass is 9.95. The van der Waals surface area contributed by atoms with Gasteiger partial charge in [0.15, 0.2) is 0 Å². The molecule has 8 nitrogen and oxygen atoms in total. The molecule has 10 heteroatoms. The van der Waals surface area contributed by atoms with Crippen LogP contribution in [-0.2, 0) is 22.0 Å². The Balaban J connectivity index is 2.27. The van der Waals surface area contributed by atoms with Crippen LogP contribution in [0, 0.1) is 0 Å². The van der Waals surface area contributed by atoms with Gasteiger partial charge in [0, 0.05) is 24.3 Å². The summed E-state index contributed by atoms with van der Waals surface area (Å²) in [4.78, 5) is 44.5. The first-order valence-electron chi connectivity index (χ1n) is 8.12. The van der Waals surface area contributed by atoms with Crippen molar-refractivity contribution in [3.8, 4) is 11.1 Å². The summed E-state index contributed by atoms with van der Waals surface area (Å²) < 4.78 is 22.2. The molecule has 0 unspecified atom stereocenters. The molecule has 2 rings (SSSR count). The SMILES string of the molecule is O=P(O)(O)CCCc1nccc(-c2ccncc2)c1CCCP(=O)(O)O. The Labute approximate surface area is 151 Å². The monoisotopic (exact) mass is 400 g/mol.